The van der Waals surface area contributed by atoms with Gasteiger partial charge < -0.3 is 31.1 Å². The van der Waals surface area contributed by atoms with E-state index in [1.54, 1.807) is 25.7 Å². The summed E-state index contributed by atoms with van der Waals surface area (Å²) in [6.45, 7) is 5.61. The van der Waals surface area contributed by atoms with E-state index in [1.807, 2.05) is 0 Å². The Morgan fingerprint density at radius 3 is 2.17 bits per heavy atom. The van der Waals surface area contributed by atoms with Gasteiger partial charge in [-0.15, -0.1) is 23.2 Å². The minimum Gasteiger partial charge on any atom is -0.444 e. The van der Waals surface area contributed by atoms with Crippen molar-refractivity contribution in [3.8, 4) is 0 Å². The number of likely N-dealkylation sites (tertiary alicyclic amines) is 1. The number of aliphatic hydroxyl groups is 1. The number of amides is 4. The Morgan fingerprint density at radius 2 is 1.62 bits per heavy atom. The molecule has 4 amide bonds. The van der Waals surface area contributed by atoms with Crippen LogP contribution in [-0.2, 0) is 19.1 Å². The number of primary amides is 1. The molecule has 5 N–H and O–H groups in total. The number of nitrogens with zero attached hydrogens (tertiary/aromatic N) is 1. The van der Waals surface area contributed by atoms with E-state index in [0.717, 1.165) is 57.8 Å². The van der Waals surface area contributed by atoms with E-state index in [-0.39, 0.29) is 17.7 Å². The summed E-state index contributed by atoms with van der Waals surface area (Å²) < 4.78 is 5.49. The fraction of sp³-hybridized carbons (Fsp3) is 0.867. The molecule has 0 radical (unpaired) electrons. The Labute approximate surface area is 260 Å². The average Bonchev–Trinajstić information content (AvgIpc) is 3.31. The second kappa shape index (κ2) is 15.8. The molecule has 0 aromatic carbocycles. The fourth-order valence-electron chi connectivity index (χ4n) is 6.54. The lowest BCUT2D eigenvalue weighted by molar-refractivity contribution is -0.143. The van der Waals surface area contributed by atoms with Gasteiger partial charge in [-0.2, -0.15) is 0 Å². The van der Waals surface area contributed by atoms with Crippen molar-refractivity contribution in [1.82, 2.24) is 15.5 Å². The van der Waals surface area contributed by atoms with Crippen LogP contribution in [-0.4, -0.2) is 75.0 Å². The highest BCUT2D eigenvalue weighted by atomic mass is 35.5. The molecule has 3 rings (SSSR count). The highest BCUT2D eigenvalue weighted by molar-refractivity contribution is 6.44. The van der Waals surface area contributed by atoms with Crippen molar-refractivity contribution in [2.24, 2.45) is 23.5 Å². The topological polar surface area (TPSA) is 151 Å². The Balaban J connectivity index is 1.84. The maximum atomic E-state index is 14.2. The molecule has 2 unspecified atom stereocenters. The summed E-state index contributed by atoms with van der Waals surface area (Å²) in [5.74, 6) is -1.50. The minimum atomic E-state index is -1.54. The molecular weight excluding hydrogens is 583 g/mol. The predicted molar refractivity (Wildman–Crippen MR) is 162 cm³/mol. The van der Waals surface area contributed by atoms with Crippen LogP contribution in [0.4, 0.5) is 4.79 Å². The summed E-state index contributed by atoms with van der Waals surface area (Å²) in [7, 11) is 0. The first kappa shape index (κ1) is 34.7. The Bertz CT molecular complexity index is 935. The number of alkyl carbamates (subject to hydrolysis) is 1. The summed E-state index contributed by atoms with van der Waals surface area (Å²) in [5, 5.41) is 16.3. The van der Waals surface area contributed by atoms with E-state index >= 15 is 0 Å². The third-order valence-electron chi connectivity index (χ3n) is 9.00. The number of hydrogen-bond donors (Lipinski definition) is 4. The molecular formula is C30H50Cl2N4O6. The van der Waals surface area contributed by atoms with Crippen LogP contribution in [0.3, 0.4) is 0 Å². The molecule has 10 nitrogen and oxygen atoms in total. The summed E-state index contributed by atoms with van der Waals surface area (Å²) in [4.78, 5) is 53.9. The van der Waals surface area contributed by atoms with Crippen LogP contribution >= 0.6 is 23.2 Å². The molecule has 0 aromatic rings. The molecule has 42 heavy (non-hydrogen) atoms. The number of rotatable bonds is 13. The zero-order chi connectivity index (χ0) is 31.0. The lowest BCUT2D eigenvalue weighted by Crippen LogP contribution is -2.59. The molecule has 2 saturated carbocycles. The number of nitrogens with two attached hydrogens (primary N) is 1. The smallest absolute Gasteiger partial charge is 0.408 e. The molecule has 0 spiro atoms. The van der Waals surface area contributed by atoms with Crippen LogP contribution < -0.4 is 16.4 Å². The highest BCUT2D eigenvalue weighted by Gasteiger charge is 2.46. The second-order valence-electron chi connectivity index (χ2n) is 13.4. The van der Waals surface area contributed by atoms with E-state index in [2.05, 4.69) is 10.6 Å². The zero-order valence-electron chi connectivity index (χ0n) is 25.3. The first-order valence-corrected chi connectivity index (χ1v) is 16.5. The molecule has 3 aliphatic rings. The van der Waals surface area contributed by atoms with Gasteiger partial charge in [0.15, 0.2) is 6.10 Å². The number of hydrogen-bond acceptors (Lipinski definition) is 6. The lowest BCUT2D eigenvalue weighted by atomic mass is 9.81. The van der Waals surface area contributed by atoms with Gasteiger partial charge in [0, 0.05) is 6.54 Å². The van der Waals surface area contributed by atoms with Crippen molar-refractivity contribution < 1.29 is 29.0 Å². The van der Waals surface area contributed by atoms with E-state index in [4.69, 9.17) is 33.7 Å². The third-order valence-corrected chi connectivity index (χ3v) is 9.44. The van der Waals surface area contributed by atoms with E-state index in [1.165, 1.54) is 0 Å². The van der Waals surface area contributed by atoms with Crippen LogP contribution in [0.25, 0.3) is 0 Å². The van der Waals surface area contributed by atoms with Gasteiger partial charge in [-0.1, -0.05) is 38.5 Å². The van der Waals surface area contributed by atoms with E-state index in [0.29, 0.717) is 38.1 Å². The van der Waals surface area contributed by atoms with Crippen molar-refractivity contribution >= 4 is 47.0 Å². The van der Waals surface area contributed by atoms with Crippen molar-refractivity contribution in [2.45, 2.75) is 139 Å². The molecule has 1 saturated heterocycles. The monoisotopic (exact) mass is 632 g/mol. The Kier molecular flexibility index (Phi) is 13.1. The van der Waals surface area contributed by atoms with Gasteiger partial charge in [-0.05, 0) is 83.5 Å². The van der Waals surface area contributed by atoms with Crippen molar-refractivity contribution in [1.29, 1.82) is 0 Å². The van der Waals surface area contributed by atoms with Gasteiger partial charge in [0.2, 0.25) is 17.7 Å². The summed E-state index contributed by atoms with van der Waals surface area (Å²) >= 11 is 12.1. The first-order chi connectivity index (χ1) is 19.8. The maximum Gasteiger partial charge on any atom is 0.408 e. The zero-order valence-corrected chi connectivity index (χ0v) is 26.8. The molecule has 3 fully saturated rings. The number of ether oxygens (including phenoxy) is 1. The maximum absolute atomic E-state index is 14.2. The molecule has 1 aliphatic heterocycles. The molecule has 12 heteroatoms. The van der Waals surface area contributed by atoms with Crippen LogP contribution in [0.5, 0.6) is 0 Å². The summed E-state index contributed by atoms with van der Waals surface area (Å²) in [6, 6.07) is -2.58. The van der Waals surface area contributed by atoms with Gasteiger partial charge in [-0.25, -0.2) is 4.79 Å². The van der Waals surface area contributed by atoms with Crippen LogP contribution in [0, 0.1) is 17.8 Å². The Morgan fingerprint density at radius 1 is 0.952 bits per heavy atom. The third kappa shape index (κ3) is 10.2. The SMILES string of the molecule is CC(C)(C)OC(=O)N[C@H](C(=O)N1CC[C@H](CCC(Cl)Cl)[C@H]1C(=O)NC(CCC1CCC1)C(O)C(N)=O)C1CCCCC1. The number of carbonyl (C=O) groups is 4. The van der Waals surface area contributed by atoms with E-state index in [9.17, 15) is 24.3 Å². The predicted octanol–water partition coefficient (Wildman–Crippen LogP) is 4.17. The Hall–Kier alpha value is -1.78. The quantitative estimate of drug-likeness (QED) is 0.224. The molecule has 240 valence electrons. The average molecular weight is 634 g/mol. The lowest BCUT2D eigenvalue weighted by Gasteiger charge is -2.36. The number of alkyl halides is 2. The van der Waals surface area contributed by atoms with Gasteiger partial charge in [0.25, 0.3) is 0 Å². The number of halogens is 2. The highest BCUT2D eigenvalue weighted by Crippen LogP contribution is 2.35. The van der Waals surface area contributed by atoms with Gasteiger partial charge >= 0.3 is 6.09 Å². The largest absolute Gasteiger partial charge is 0.444 e. The van der Waals surface area contributed by atoms with Crippen molar-refractivity contribution in [3.05, 3.63) is 0 Å². The summed E-state index contributed by atoms with van der Waals surface area (Å²) in [5.41, 5.74) is 4.69. The summed E-state index contributed by atoms with van der Waals surface area (Å²) in [6.07, 6.45) is 8.35. The molecule has 0 aromatic heterocycles. The van der Waals surface area contributed by atoms with E-state index < -0.39 is 52.6 Å². The molecule has 0 bridgehead atoms. The number of aliphatic hydroxyl groups excluding tert-OH is 1. The van der Waals surface area contributed by atoms with Crippen molar-refractivity contribution in [3.63, 3.8) is 0 Å². The van der Waals surface area contributed by atoms with Crippen LogP contribution in [0.15, 0.2) is 0 Å². The van der Waals surface area contributed by atoms with Crippen molar-refractivity contribution in [2.75, 3.05) is 6.54 Å². The molecule has 5 atom stereocenters. The first-order valence-electron chi connectivity index (χ1n) is 15.6. The van der Waals surface area contributed by atoms with Crippen LogP contribution in [0.1, 0.15) is 104 Å². The number of carbonyl (C=O) groups excluding carboxylic acids is 4. The second-order valence-corrected chi connectivity index (χ2v) is 14.6. The van der Waals surface area contributed by atoms with Gasteiger partial charge in [0.1, 0.15) is 22.5 Å². The van der Waals surface area contributed by atoms with Gasteiger partial charge in [0.05, 0.1) is 6.04 Å². The number of nitrogens with one attached hydrogen (secondary N) is 2. The fourth-order valence-corrected chi connectivity index (χ4v) is 6.79. The molecule has 1 heterocycles. The van der Waals surface area contributed by atoms with Gasteiger partial charge in [-0.3, -0.25) is 14.4 Å². The standard InChI is InChI=1S/C30H50Cl2N4O6/c1-30(2,3)42-29(41)35-23(19-10-5-4-6-11-19)28(40)36-17-16-20(13-15-22(31)32)24(36)27(39)34-21(25(37)26(33)38)14-12-18-8-7-9-18/h18-25,37H,4-17H2,1-3H3,(H2,33,38)(H,34,39)(H,35,41)/t20-,21?,23-,24-,25?/m0/s1. The van der Waals surface area contributed by atoms with Crippen LogP contribution in [0.2, 0.25) is 0 Å². The normalized spacial score (nSPS) is 24.0. The molecule has 2 aliphatic carbocycles. The minimum absolute atomic E-state index is 0.0801.